The molecule has 0 radical (unpaired) electrons. The van der Waals surface area contributed by atoms with Gasteiger partial charge in [0.1, 0.15) is 0 Å². The molecule has 0 fully saturated rings. The average Bonchev–Trinajstić information content (AvgIpc) is 3.78. The summed E-state index contributed by atoms with van der Waals surface area (Å²) in [5, 5.41) is 2.40. The Hall–Kier alpha value is -7.76. The van der Waals surface area contributed by atoms with Crippen molar-refractivity contribution in [2.75, 3.05) is 9.80 Å². The van der Waals surface area contributed by atoms with Gasteiger partial charge in [-0.25, -0.2) is 0 Å². The Labute approximate surface area is 336 Å². The Morgan fingerprint density at radius 1 is 0.379 bits per heavy atom. The summed E-state index contributed by atoms with van der Waals surface area (Å²) in [7, 11) is 0. The van der Waals surface area contributed by atoms with Crippen molar-refractivity contribution in [1.29, 1.82) is 0 Å². The standard InChI is InChI=1S/C53H35N5/c1-4-16-36(17-5-1)56(37-18-6-2-7-19-37)39-28-30-48-42(34-39)41-22-10-12-26-47(41)58(48)40-29-31-50-46(35-40)53(44-24-14-32-54-51(44)52-45(53)25-15-33-55-52)43-23-11-13-27-49(43)57(50)38-20-8-3-9-21-38/h1-35H. The monoisotopic (exact) mass is 741 g/mol. The molecule has 5 nitrogen and oxygen atoms in total. The number of aromatic nitrogens is 3. The summed E-state index contributed by atoms with van der Waals surface area (Å²) in [6.45, 7) is 0. The third-order valence-corrected chi connectivity index (χ3v) is 12.0. The molecule has 1 spiro atoms. The van der Waals surface area contributed by atoms with Crippen molar-refractivity contribution in [3.63, 3.8) is 0 Å². The molecule has 0 saturated carbocycles. The number of pyridine rings is 2. The van der Waals surface area contributed by atoms with E-state index in [1.54, 1.807) is 0 Å². The highest BCUT2D eigenvalue weighted by molar-refractivity contribution is 6.11. The zero-order chi connectivity index (χ0) is 38.2. The van der Waals surface area contributed by atoms with Crippen LogP contribution < -0.4 is 9.80 Å². The largest absolute Gasteiger partial charge is 0.310 e. The molecule has 0 bridgehead atoms. The molecule has 0 unspecified atom stereocenters. The van der Waals surface area contributed by atoms with Crippen LogP contribution in [-0.2, 0) is 5.41 Å². The SMILES string of the molecule is c1ccc(N(c2ccccc2)c2ccc3c(c2)c2ccccc2n3-c2ccc3c(c2)C2(c4ccccc4N3c3ccccc3)c3cccnc3-c3ncccc32)cc1. The first-order valence-corrected chi connectivity index (χ1v) is 19.7. The lowest BCUT2D eigenvalue weighted by Gasteiger charge is -2.45. The summed E-state index contributed by atoms with van der Waals surface area (Å²) < 4.78 is 2.44. The molecule has 58 heavy (non-hydrogen) atoms. The van der Waals surface area contributed by atoms with Gasteiger partial charge in [-0.1, -0.05) is 103 Å². The van der Waals surface area contributed by atoms with Crippen molar-refractivity contribution < 1.29 is 0 Å². The van der Waals surface area contributed by atoms with E-state index < -0.39 is 5.41 Å². The maximum Gasteiger partial charge on any atom is 0.0937 e. The van der Waals surface area contributed by atoms with E-state index in [-0.39, 0.29) is 0 Å². The van der Waals surface area contributed by atoms with Gasteiger partial charge in [-0.2, -0.15) is 0 Å². The predicted molar refractivity (Wildman–Crippen MR) is 237 cm³/mol. The molecule has 5 heteroatoms. The lowest BCUT2D eigenvalue weighted by atomic mass is 9.65. The minimum atomic E-state index is -0.655. The maximum atomic E-state index is 5.01. The summed E-state index contributed by atoms with van der Waals surface area (Å²) in [5.41, 5.74) is 16.0. The highest BCUT2D eigenvalue weighted by Gasteiger charge is 2.53. The fourth-order valence-electron chi connectivity index (χ4n) is 9.77. The van der Waals surface area contributed by atoms with Gasteiger partial charge < -0.3 is 14.4 Å². The molecule has 7 aromatic carbocycles. The van der Waals surface area contributed by atoms with Crippen molar-refractivity contribution >= 4 is 55.9 Å². The van der Waals surface area contributed by atoms with Gasteiger partial charge in [0.2, 0.25) is 0 Å². The summed E-state index contributed by atoms with van der Waals surface area (Å²) in [6, 6.07) is 72.2. The van der Waals surface area contributed by atoms with Gasteiger partial charge in [0.15, 0.2) is 0 Å². The first-order chi connectivity index (χ1) is 28.8. The fraction of sp³-hybridized carbons (Fsp3) is 0.0189. The van der Waals surface area contributed by atoms with Crippen LogP contribution >= 0.6 is 0 Å². The number of benzene rings is 7. The topological polar surface area (TPSA) is 37.2 Å². The molecule has 2 aliphatic rings. The second-order valence-corrected chi connectivity index (χ2v) is 15.0. The van der Waals surface area contributed by atoms with E-state index in [1.807, 2.05) is 12.4 Å². The van der Waals surface area contributed by atoms with Crippen LogP contribution in [0.2, 0.25) is 0 Å². The number of hydrogen-bond acceptors (Lipinski definition) is 4. The molecule has 4 heterocycles. The maximum absolute atomic E-state index is 5.01. The van der Waals surface area contributed by atoms with Crippen LogP contribution in [0.25, 0.3) is 38.9 Å². The number of rotatable bonds is 5. The molecule has 10 aromatic rings. The third-order valence-electron chi connectivity index (χ3n) is 12.0. The van der Waals surface area contributed by atoms with Crippen LogP contribution in [0.15, 0.2) is 213 Å². The van der Waals surface area contributed by atoms with Gasteiger partial charge in [-0.05, 0) is 119 Å². The smallest absolute Gasteiger partial charge is 0.0937 e. The predicted octanol–water partition coefficient (Wildman–Crippen LogP) is 13.2. The van der Waals surface area contributed by atoms with E-state index in [1.165, 1.54) is 21.9 Å². The first-order valence-electron chi connectivity index (χ1n) is 19.7. The van der Waals surface area contributed by atoms with E-state index in [4.69, 9.17) is 9.97 Å². The Morgan fingerprint density at radius 3 is 1.66 bits per heavy atom. The van der Waals surface area contributed by atoms with E-state index in [9.17, 15) is 0 Å². The quantitative estimate of drug-likeness (QED) is 0.176. The lowest BCUT2D eigenvalue weighted by molar-refractivity contribution is 0.748. The molecule has 1 aliphatic carbocycles. The third kappa shape index (κ3) is 4.53. The van der Waals surface area contributed by atoms with E-state index in [2.05, 4.69) is 215 Å². The van der Waals surface area contributed by atoms with Crippen molar-refractivity contribution in [3.05, 3.63) is 235 Å². The van der Waals surface area contributed by atoms with E-state index in [0.29, 0.717) is 0 Å². The number of anilines is 6. The number of hydrogen-bond donors (Lipinski definition) is 0. The Morgan fingerprint density at radius 2 is 0.948 bits per heavy atom. The van der Waals surface area contributed by atoms with Crippen LogP contribution in [0.4, 0.5) is 34.1 Å². The molecule has 3 aromatic heterocycles. The summed E-state index contributed by atoms with van der Waals surface area (Å²) in [4.78, 5) is 14.8. The second kappa shape index (κ2) is 12.6. The van der Waals surface area contributed by atoms with E-state index in [0.717, 1.165) is 73.4 Å². The second-order valence-electron chi connectivity index (χ2n) is 15.0. The molecule has 1 aliphatic heterocycles. The molecule has 0 atom stereocenters. The van der Waals surface area contributed by atoms with Crippen LogP contribution in [0.3, 0.4) is 0 Å². The number of fused-ring (bicyclic) bond motifs is 12. The van der Waals surface area contributed by atoms with Gasteiger partial charge in [-0.3, -0.25) is 9.97 Å². The molecular formula is C53H35N5. The van der Waals surface area contributed by atoms with Crippen molar-refractivity contribution in [2.24, 2.45) is 0 Å². The molecule has 12 rings (SSSR count). The van der Waals surface area contributed by atoms with Crippen LogP contribution in [-0.4, -0.2) is 14.5 Å². The fourth-order valence-corrected chi connectivity index (χ4v) is 9.77. The highest BCUT2D eigenvalue weighted by Crippen LogP contribution is 2.63. The van der Waals surface area contributed by atoms with Crippen LogP contribution in [0.1, 0.15) is 22.3 Å². The minimum Gasteiger partial charge on any atom is -0.310 e. The van der Waals surface area contributed by atoms with Gasteiger partial charge in [0.25, 0.3) is 0 Å². The lowest BCUT2D eigenvalue weighted by Crippen LogP contribution is -2.36. The molecule has 272 valence electrons. The van der Waals surface area contributed by atoms with Gasteiger partial charge in [-0.15, -0.1) is 0 Å². The zero-order valence-corrected chi connectivity index (χ0v) is 31.4. The van der Waals surface area contributed by atoms with Crippen molar-refractivity contribution in [3.8, 4) is 17.1 Å². The van der Waals surface area contributed by atoms with E-state index >= 15 is 0 Å². The van der Waals surface area contributed by atoms with Crippen LogP contribution in [0.5, 0.6) is 0 Å². The molecule has 0 saturated heterocycles. The van der Waals surface area contributed by atoms with Gasteiger partial charge in [0.05, 0.1) is 39.2 Å². The van der Waals surface area contributed by atoms with Gasteiger partial charge >= 0.3 is 0 Å². The van der Waals surface area contributed by atoms with Crippen molar-refractivity contribution in [2.45, 2.75) is 5.41 Å². The Balaban J connectivity index is 1.14. The molecular weight excluding hydrogens is 707 g/mol. The zero-order valence-electron chi connectivity index (χ0n) is 31.4. The van der Waals surface area contributed by atoms with Crippen molar-refractivity contribution in [1.82, 2.24) is 14.5 Å². The van der Waals surface area contributed by atoms with Crippen LogP contribution in [0, 0.1) is 0 Å². The summed E-state index contributed by atoms with van der Waals surface area (Å²) in [5.74, 6) is 0. The number of para-hydroxylation sites is 5. The highest BCUT2D eigenvalue weighted by atomic mass is 15.2. The summed E-state index contributed by atoms with van der Waals surface area (Å²) >= 11 is 0. The minimum absolute atomic E-state index is 0.655. The molecule has 0 N–H and O–H groups in total. The van der Waals surface area contributed by atoms with Gasteiger partial charge in [0, 0.05) is 51.6 Å². The Bertz CT molecular complexity index is 3110. The Kier molecular flexibility index (Phi) is 7.07. The molecule has 0 amide bonds. The normalized spacial score (nSPS) is 13.3. The first kappa shape index (κ1) is 32.5. The summed E-state index contributed by atoms with van der Waals surface area (Å²) in [6.07, 6.45) is 3.78. The number of nitrogens with zero attached hydrogens (tertiary/aromatic N) is 5. The average molecular weight is 742 g/mol.